The SMILES string of the molecule is CC=C[CH2][Sn]([CH2]C=CC)([O]C(=O)CCC)[O]C(=O)CCC. The fourth-order valence-electron chi connectivity index (χ4n) is 1.79. The summed E-state index contributed by atoms with van der Waals surface area (Å²) in [6, 6.07) is 0. The Labute approximate surface area is 133 Å². The number of hydrogen-bond acceptors (Lipinski definition) is 4. The molecule has 5 heteroatoms. The van der Waals surface area contributed by atoms with Crippen molar-refractivity contribution < 1.29 is 15.7 Å². The number of hydrogen-bond donors (Lipinski definition) is 0. The molecular formula is C16H28O4Sn. The van der Waals surface area contributed by atoms with Gasteiger partial charge in [0.15, 0.2) is 0 Å². The van der Waals surface area contributed by atoms with Crippen LogP contribution in [0.15, 0.2) is 24.3 Å². The zero-order valence-electron chi connectivity index (χ0n) is 13.7. The van der Waals surface area contributed by atoms with Crippen LogP contribution in [0.2, 0.25) is 8.87 Å². The van der Waals surface area contributed by atoms with Gasteiger partial charge < -0.3 is 0 Å². The predicted octanol–water partition coefficient (Wildman–Crippen LogP) is 4.27. The average molecular weight is 403 g/mol. The molecule has 21 heavy (non-hydrogen) atoms. The number of rotatable bonds is 10. The second-order valence-electron chi connectivity index (χ2n) is 4.91. The fourth-order valence-corrected chi connectivity index (χ4v) is 9.68. The van der Waals surface area contributed by atoms with E-state index in [1.165, 1.54) is 0 Å². The fraction of sp³-hybridized carbons (Fsp3) is 0.625. The molecule has 0 radical (unpaired) electrons. The van der Waals surface area contributed by atoms with E-state index in [9.17, 15) is 9.59 Å². The second kappa shape index (κ2) is 11.8. The van der Waals surface area contributed by atoms with Gasteiger partial charge in [-0.25, -0.2) is 0 Å². The van der Waals surface area contributed by atoms with E-state index in [0.717, 1.165) is 12.8 Å². The third-order valence-electron chi connectivity index (χ3n) is 2.84. The molecule has 0 N–H and O–H groups in total. The van der Waals surface area contributed by atoms with E-state index >= 15 is 0 Å². The second-order valence-corrected chi connectivity index (χ2v) is 13.6. The molecule has 0 aliphatic heterocycles. The van der Waals surface area contributed by atoms with Crippen LogP contribution in [0.5, 0.6) is 0 Å². The van der Waals surface area contributed by atoms with E-state index < -0.39 is 19.2 Å². The van der Waals surface area contributed by atoms with Crippen molar-refractivity contribution in [2.75, 3.05) is 0 Å². The third-order valence-corrected chi connectivity index (χ3v) is 11.2. The van der Waals surface area contributed by atoms with Gasteiger partial charge >= 0.3 is 133 Å². The molecule has 0 aromatic rings. The number of carbonyl (C=O) groups excluding carboxylic acids is 2. The first-order valence-electron chi connectivity index (χ1n) is 7.69. The van der Waals surface area contributed by atoms with E-state index in [1.54, 1.807) is 0 Å². The van der Waals surface area contributed by atoms with E-state index in [4.69, 9.17) is 6.15 Å². The summed E-state index contributed by atoms with van der Waals surface area (Å²) in [6.07, 6.45) is 9.90. The van der Waals surface area contributed by atoms with Crippen LogP contribution in [0, 0.1) is 0 Å². The summed E-state index contributed by atoms with van der Waals surface area (Å²) in [7, 11) is 0. The van der Waals surface area contributed by atoms with Gasteiger partial charge in [-0.2, -0.15) is 0 Å². The van der Waals surface area contributed by atoms with Crippen LogP contribution in [-0.4, -0.2) is 31.1 Å². The summed E-state index contributed by atoms with van der Waals surface area (Å²) in [5, 5.41) is 0. The van der Waals surface area contributed by atoms with Gasteiger partial charge in [0.25, 0.3) is 0 Å². The molecule has 0 spiro atoms. The number of allylic oxidation sites excluding steroid dienone is 4. The van der Waals surface area contributed by atoms with E-state index in [-0.39, 0.29) is 11.9 Å². The van der Waals surface area contributed by atoms with Gasteiger partial charge in [-0.15, -0.1) is 0 Å². The molecule has 0 atom stereocenters. The summed E-state index contributed by atoms with van der Waals surface area (Å²) in [6.45, 7) is 7.68. The van der Waals surface area contributed by atoms with Gasteiger partial charge in [0.1, 0.15) is 0 Å². The van der Waals surface area contributed by atoms with Crippen molar-refractivity contribution in [1.82, 2.24) is 0 Å². The van der Waals surface area contributed by atoms with Crippen molar-refractivity contribution in [3.05, 3.63) is 24.3 Å². The van der Waals surface area contributed by atoms with Crippen LogP contribution < -0.4 is 0 Å². The Bertz CT molecular complexity index is 338. The third kappa shape index (κ3) is 8.96. The van der Waals surface area contributed by atoms with Crippen molar-refractivity contribution in [3.63, 3.8) is 0 Å². The molecule has 120 valence electrons. The van der Waals surface area contributed by atoms with Gasteiger partial charge in [0.05, 0.1) is 0 Å². The van der Waals surface area contributed by atoms with Gasteiger partial charge in [-0.3, -0.25) is 0 Å². The zero-order chi connectivity index (χ0) is 16.1. The van der Waals surface area contributed by atoms with Crippen LogP contribution in [0.25, 0.3) is 0 Å². The Kier molecular flexibility index (Phi) is 11.4. The number of carbonyl (C=O) groups is 2. The summed E-state index contributed by atoms with van der Waals surface area (Å²) in [5.74, 6) is -0.488. The van der Waals surface area contributed by atoms with Crippen LogP contribution >= 0.6 is 0 Å². The molecule has 0 amide bonds. The summed E-state index contributed by atoms with van der Waals surface area (Å²) in [5.41, 5.74) is 0. The normalized spacial score (nSPS) is 12.0. The molecule has 0 aliphatic carbocycles. The maximum absolute atomic E-state index is 11.9. The van der Waals surface area contributed by atoms with Gasteiger partial charge in [0, 0.05) is 0 Å². The standard InChI is InChI=1S/2C4H8O2.2C4H7.Sn/c2*1-2-3-4(5)6;2*1-3-4-2;/h2*2-3H2,1H3,(H,5,6);2*3-4H,1H2,2H3;/q;;;;+2/p-2. The molecule has 0 aromatic heterocycles. The molecule has 0 unspecified atom stereocenters. The van der Waals surface area contributed by atoms with Crippen LogP contribution in [0.3, 0.4) is 0 Å². The first-order chi connectivity index (χ1) is 10.0. The van der Waals surface area contributed by atoms with Crippen LogP contribution in [-0.2, 0) is 15.7 Å². The Morgan fingerprint density at radius 2 is 1.24 bits per heavy atom. The Hall–Kier alpha value is -0.781. The maximum atomic E-state index is 11.9. The summed E-state index contributed by atoms with van der Waals surface area (Å²) < 4.78 is 12.6. The minimum atomic E-state index is -3.77. The minimum absolute atomic E-state index is 0.244. The monoisotopic (exact) mass is 404 g/mol. The molecule has 0 rings (SSSR count). The van der Waals surface area contributed by atoms with E-state index in [0.29, 0.717) is 21.7 Å². The van der Waals surface area contributed by atoms with Gasteiger partial charge in [-0.1, -0.05) is 0 Å². The Morgan fingerprint density at radius 1 is 0.857 bits per heavy atom. The van der Waals surface area contributed by atoms with Gasteiger partial charge in [0.2, 0.25) is 0 Å². The molecule has 0 saturated heterocycles. The summed E-state index contributed by atoms with van der Waals surface area (Å²) in [4.78, 5) is 23.8. The first-order valence-corrected chi connectivity index (χ1v) is 14.1. The molecule has 0 aliphatic rings. The molecule has 0 aromatic carbocycles. The van der Waals surface area contributed by atoms with Crippen molar-refractivity contribution in [2.24, 2.45) is 0 Å². The molecular weight excluding hydrogens is 375 g/mol. The van der Waals surface area contributed by atoms with Crippen molar-refractivity contribution in [3.8, 4) is 0 Å². The van der Waals surface area contributed by atoms with Crippen molar-refractivity contribution >= 4 is 31.1 Å². The average Bonchev–Trinajstić information content (AvgIpc) is 2.43. The first kappa shape index (κ1) is 20.2. The van der Waals surface area contributed by atoms with E-state index in [1.807, 2.05) is 52.0 Å². The summed E-state index contributed by atoms with van der Waals surface area (Å²) >= 11 is -3.77. The quantitative estimate of drug-likeness (QED) is 0.404. The van der Waals surface area contributed by atoms with E-state index in [2.05, 4.69) is 0 Å². The molecule has 0 heterocycles. The van der Waals surface area contributed by atoms with Crippen molar-refractivity contribution in [2.45, 2.75) is 62.3 Å². The van der Waals surface area contributed by atoms with Crippen molar-refractivity contribution in [1.29, 1.82) is 0 Å². The molecule has 4 nitrogen and oxygen atoms in total. The predicted molar refractivity (Wildman–Crippen MR) is 87.0 cm³/mol. The van der Waals surface area contributed by atoms with Crippen LogP contribution in [0.4, 0.5) is 0 Å². The van der Waals surface area contributed by atoms with Gasteiger partial charge in [-0.05, 0) is 0 Å². The molecule has 0 saturated carbocycles. The van der Waals surface area contributed by atoms with Crippen LogP contribution in [0.1, 0.15) is 53.4 Å². The molecule has 0 bridgehead atoms. The Balaban J connectivity index is 5.17. The Morgan fingerprint density at radius 3 is 1.52 bits per heavy atom. The zero-order valence-corrected chi connectivity index (χ0v) is 16.5. The topological polar surface area (TPSA) is 52.6 Å². The molecule has 0 fully saturated rings.